The summed E-state index contributed by atoms with van der Waals surface area (Å²) < 4.78 is 0. The van der Waals surface area contributed by atoms with Crippen LogP contribution in [0.4, 0.5) is 0 Å². The van der Waals surface area contributed by atoms with Crippen molar-refractivity contribution in [3.8, 4) is 0 Å². The predicted molar refractivity (Wildman–Crippen MR) is 73.9 cm³/mol. The Balaban J connectivity index is 2.30. The minimum absolute atomic E-state index is 0.0233. The number of hydrogen-bond donors (Lipinski definition) is 2. The molecule has 0 saturated heterocycles. The Morgan fingerprint density at radius 1 is 1.17 bits per heavy atom. The largest absolute Gasteiger partial charge is 0.396 e. The van der Waals surface area contributed by atoms with Crippen molar-refractivity contribution in [1.82, 2.24) is 4.98 Å². The second-order valence-corrected chi connectivity index (χ2v) is 4.64. The quantitative estimate of drug-likeness (QED) is 0.795. The van der Waals surface area contributed by atoms with E-state index in [4.69, 9.17) is 5.11 Å². The molecule has 0 atom stereocenters. The molecule has 2 N–H and O–H groups in total. The molecule has 96 valence electrons. The van der Waals surface area contributed by atoms with Crippen LogP contribution in [-0.4, -0.2) is 16.7 Å². The fraction of sp³-hybridized carbons (Fsp3) is 0.400. The highest BCUT2D eigenvalue weighted by atomic mass is 16.2. The number of aliphatic hydroxyl groups excluding tert-OH is 1. The highest BCUT2D eigenvalue weighted by molar-refractivity contribution is 5.82. The van der Waals surface area contributed by atoms with Crippen LogP contribution in [0, 0.1) is 6.92 Å². The maximum atomic E-state index is 12.0. The molecular formula is C15H19NO2. The molecule has 0 saturated carbocycles. The first-order valence-electron chi connectivity index (χ1n) is 6.45. The molecular weight excluding hydrogens is 226 g/mol. The van der Waals surface area contributed by atoms with Crippen LogP contribution in [-0.2, 0) is 6.42 Å². The molecule has 0 amide bonds. The van der Waals surface area contributed by atoms with E-state index in [9.17, 15) is 4.79 Å². The third-order valence-corrected chi connectivity index (χ3v) is 3.39. The number of rotatable bonds is 5. The molecule has 0 unspecified atom stereocenters. The van der Waals surface area contributed by atoms with Gasteiger partial charge in [-0.15, -0.1) is 0 Å². The zero-order valence-corrected chi connectivity index (χ0v) is 10.7. The highest BCUT2D eigenvalue weighted by Gasteiger charge is 2.08. The second kappa shape index (κ2) is 5.83. The second-order valence-electron chi connectivity index (χ2n) is 4.64. The van der Waals surface area contributed by atoms with Crippen molar-refractivity contribution in [1.29, 1.82) is 0 Å². The van der Waals surface area contributed by atoms with Gasteiger partial charge in [-0.2, -0.15) is 0 Å². The molecule has 0 aliphatic rings. The normalized spacial score (nSPS) is 11.0. The number of para-hydroxylation sites is 1. The molecule has 3 heteroatoms. The number of aromatic nitrogens is 1. The van der Waals surface area contributed by atoms with E-state index in [0.717, 1.165) is 47.7 Å². The molecule has 1 aromatic carbocycles. The number of benzene rings is 1. The number of fused-ring (bicyclic) bond motifs is 1. The number of pyridine rings is 1. The monoisotopic (exact) mass is 245 g/mol. The number of aromatic amines is 1. The summed E-state index contributed by atoms with van der Waals surface area (Å²) >= 11 is 0. The zero-order valence-electron chi connectivity index (χ0n) is 10.7. The molecule has 2 aromatic rings. The van der Waals surface area contributed by atoms with Gasteiger partial charge in [-0.3, -0.25) is 4.79 Å². The molecule has 0 spiro atoms. The van der Waals surface area contributed by atoms with Gasteiger partial charge >= 0.3 is 0 Å². The van der Waals surface area contributed by atoms with Gasteiger partial charge in [0.15, 0.2) is 0 Å². The first-order chi connectivity index (χ1) is 8.74. The summed E-state index contributed by atoms with van der Waals surface area (Å²) in [5.41, 5.74) is 2.89. The molecule has 1 heterocycles. The van der Waals surface area contributed by atoms with E-state index >= 15 is 0 Å². The molecule has 0 fully saturated rings. The van der Waals surface area contributed by atoms with Gasteiger partial charge in [0.05, 0.1) is 0 Å². The Morgan fingerprint density at radius 2 is 1.94 bits per heavy atom. The maximum Gasteiger partial charge on any atom is 0.251 e. The van der Waals surface area contributed by atoms with Gasteiger partial charge in [0.25, 0.3) is 5.56 Å². The zero-order chi connectivity index (χ0) is 13.0. The molecule has 3 nitrogen and oxygen atoms in total. The van der Waals surface area contributed by atoms with Crippen LogP contribution in [0.2, 0.25) is 0 Å². The third-order valence-electron chi connectivity index (χ3n) is 3.39. The van der Waals surface area contributed by atoms with Crippen molar-refractivity contribution >= 4 is 10.9 Å². The standard InChI is InChI=1S/C15H19NO2/c1-11-12-7-4-5-9-14(12)16-15(18)13(11)8-3-2-6-10-17/h4-5,7,9,17H,2-3,6,8,10H2,1H3,(H,16,18). The van der Waals surface area contributed by atoms with E-state index in [2.05, 4.69) is 4.98 Å². The van der Waals surface area contributed by atoms with Crippen LogP contribution in [0.5, 0.6) is 0 Å². The minimum Gasteiger partial charge on any atom is -0.396 e. The van der Waals surface area contributed by atoms with Gasteiger partial charge in [-0.1, -0.05) is 24.6 Å². The van der Waals surface area contributed by atoms with Gasteiger partial charge in [0.2, 0.25) is 0 Å². The number of nitrogens with one attached hydrogen (secondary N) is 1. The first-order valence-corrected chi connectivity index (χ1v) is 6.45. The summed E-state index contributed by atoms with van der Waals surface area (Å²) in [6, 6.07) is 7.89. The van der Waals surface area contributed by atoms with Crippen molar-refractivity contribution in [2.75, 3.05) is 6.61 Å². The SMILES string of the molecule is Cc1c(CCCCCO)c(=O)[nH]c2ccccc12. The van der Waals surface area contributed by atoms with Crippen LogP contribution < -0.4 is 5.56 Å². The Hall–Kier alpha value is -1.61. The Morgan fingerprint density at radius 3 is 2.72 bits per heavy atom. The number of aryl methyl sites for hydroxylation is 1. The van der Waals surface area contributed by atoms with E-state index in [0.29, 0.717) is 0 Å². The molecule has 0 aliphatic carbocycles. The van der Waals surface area contributed by atoms with Crippen LogP contribution in [0.1, 0.15) is 30.4 Å². The van der Waals surface area contributed by atoms with E-state index in [-0.39, 0.29) is 12.2 Å². The number of hydrogen-bond acceptors (Lipinski definition) is 2. The topological polar surface area (TPSA) is 53.1 Å². The summed E-state index contributed by atoms with van der Waals surface area (Å²) in [5.74, 6) is 0. The first kappa shape index (κ1) is 12.8. The van der Waals surface area contributed by atoms with Crippen molar-refractivity contribution in [3.05, 3.63) is 45.7 Å². The summed E-state index contributed by atoms with van der Waals surface area (Å²) in [6.07, 6.45) is 3.50. The highest BCUT2D eigenvalue weighted by Crippen LogP contribution is 2.18. The summed E-state index contributed by atoms with van der Waals surface area (Å²) in [6.45, 7) is 2.24. The number of aliphatic hydroxyl groups is 1. The van der Waals surface area contributed by atoms with Crippen LogP contribution in [0.3, 0.4) is 0 Å². The summed E-state index contributed by atoms with van der Waals surface area (Å²) in [5, 5.41) is 9.87. The average molecular weight is 245 g/mol. The molecule has 1 aromatic heterocycles. The van der Waals surface area contributed by atoms with Gasteiger partial charge in [-0.05, 0) is 37.8 Å². The van der Waals surface area contributed by atoms with Crippen LogP contribution in [0.25, 0.3) is 10.9 Å². The molecule has 0 radical (unpaired) electrons. The Bertz CT molecular complexity index is 587. The molecule has 2 rings (SSSR count). The Labute approximate surface area is 106 Å². The summed E-state index contributed by atoms with van der Waals surface area (Å²) in [4.78, 5) is 14.9. The lowest BCUT2D eigenvalue weighted by atomic mass is 10.00. The van der Waals surface area contributed by atoms with Gasteiger partial charge in [0.1, 0.15) is 0 Å². The van der Waals surface area contributed by atoms with Gasteiger partial charge < -0.3 is 10.1 Å². The Kier molecular flexibility index (Phi) is 4.15. The third kappa shape index (κ3) is 2.62. The maximum absolute atomic E-state index is 12.0. The van der Waals surface area contributed by atoms with Crippen molar-refractivity contribution in [2.24, 2.45) is 0 Å². The fourth-order valence-corrected chi connectivity index (χ4v) is 2.34. The van der Waals surface area contributed by atoms with Crippen molar-refractivity contribution in [2.45, 2.75) is 32.6 Å². The lowest BCUT2D eigenvalue weighted by molar-refractivity contribution is 0.283. The van der Waals surface area contributed by atoms with E-state index in [1.807, 2.05) is 31.2 Å². The summed E-state index contributed by atoms with van der Waals surface area (Å²) in [7, 11) is 0. The van der Waals surface area contributed by atoms with Gasteiger partial charge in [-0.25, -0.2) is 0 Å². The van der Waals surface area contributed by atoms with E-state index < -0.39 is 0 Å². The van der Waals surface area contributed by atoms with E-state index in [1.54, 1.807) is 0 Å². The number of unbranched alkanes of at least 4 members (excludes halogenated alkanes) is 2. The molecule has 18 heavy (non-hydrogen) atoms. The fourth-order valence-electron chi connectivity index (χ4n) is 2.34. The van der Waals surface area contributed by atoms with E-state index in [1.165, 1.54) is 0 Å². The number of H-pyrrole nitrogens is 1. The molecule has 0 aliphatic heterocycles. The lowest BCUT2D eigenvalue weighted by Gasteiger charge is -2.08. The minimum atomic E-state index is 0.0233. The van der Waals surface area contributed by atoms with Crippen LogP contribution in [0.15, 0.2) is 29.1 Å². The predicted octanol–water partition coefficient (Wildman–Crippen LogP) is 2.54. The lowest BCUT2D eigenvalue weighted by Crippen LogP contribution is -2.15. The van der Waals surface area contributed by atoms with Crippen molar-refractivity contribution in [3.63, 3.8) is 0 Å². The average Bonchev–Trinajstić information content (AvgIpc) is 2.38. The van der Waals surface area contributed by atoms with Crippen molar-refractivity contribution < 1.29 is 5.11 Å². The molecule has 0 bridgehead atoms. The van der Waals surface area contributed by atoms with Crippen LogP contribution >= 0.6 is 0 Å². The van der Waals surface area contributed by atoms with Gasteiger partial charge in [0, 0.05) is 23.1 Å². The smallest absolute Gasteiger partial charge is 0.251 e.